The van der Waals surface area contributed by atoms with Gasteiger partial charge in [-0.2, -0.15) is 0 Å². The Morgan fingerprint density at radius 1 is 1.28 bits per heavy atom. The molecule has 1 aromatic carbocycles. The molecule has 0 saturated heterocycles. The number of carbonyl (C=O) groups excluding carboxylic acids is 1. The molecule has 0 aliphatic heterocycles. The number of nitrogens with zero attached hydrogens (tertiary/aromatic N) is 1. The van der Waals surface area contributed by atoms with Gasteiger partial charge in [-0.25, -0.2) is 4.98 Å². The minimum Gasteiger partial charge on any atom is -0.487 e. The molecule has 1 aromatic heterocycles. The largest absolute Gasteiger partial charge is 0.487 e. The second-order valence-electron chi connectivity index (χ2n) is 4.04. The van der Waals surface area contributed by atoms with Crippen molar-refractivity contribution in [2.75, 3.05) is 0 Å². The molecule has 0 amide bonds. The third-order valence-corrected chi connectivity index (χ3v) is 3.55. The molecule has 0 aliphatic rings. The van der Waals surface area contributed by atoms with Gasteiger partial charge in [0.1, 0.15) is 18.6 Å². The van der Waals surface area contributed by atoms with Crippen LogP contribution in [-0.2, 0) is 17.8 Å². The minimum absolute atomic E-state index is 0.449. The topological polar surface area (TPSA) is 39.2 Å². The van der Waals surface area contributed by atoms with E-state index in [0.29, 0.717) is 13.0 Å². The Labute approximate surface area is 110 Å². The smallest absolute Gasteiger partial charge is 0.131 e. The first kappa shape index (κ1) is 12.8. The molecular formula is C14H15NO2S. The zero-order chi connectivity index (χ0) is 13.0. The number of ether oxygens (including phenoxy) is 1. The molecule has 0 radical (unpaired) electrons. The number of aromatic nitrogens is 1. The van der Waals surface area contributed by atoms with Crippen LogP contribution in [0, 0.1) is 13.8 Å². The highest BCUT2D eigenvalue weighted by atomic mass is 32.1. The van der Waals surface area contributed by atoms with Gasteiger partial charge in [0.25, 0.3) is 0 Å². The summed E-state index contributed by atoms with van der Waals surface area (Å²) in [5, 5.41) is 1.06. The molecule has 0 N–H and O–H groups in total. The van der Waals surface area contributed by atoms with Crippen LogP contribution in [0.4, 0.5) is 0 Å². The summed E-state index contributed by atoms with van der Waals surface area (Å²) in [5.41, 5.74) is 1.99. The van der Waals surface area contributed by atoms with Crippen molar-refractivity contribution in [2.45, 2.75) is 26.9 Å². The molecule has 0 unspecified atom stereocenters. The Morgan fingerprint density at radius 3 is 2.56 bits per heavy atom. The van der Waals surface area contributed by atoms with Crippen molar-refractivity contribution in [3.05, 3.63) is 45.4 Å². The number of hydrogen-bond acceptors (Lipinski definition) is 4. The van der Waals surface area contributed by atoms with Crippen LogP contribution in [0.3, 0.4) is 0 Å². The molecule has 3 nitrogen and oxygen atoms in total. The fourth-order valence-corrected chi connectivity index (χ4v) is 2.50. The van der Waals surface area contributed by atoms with E-state index >= 15 is 0 Å². The van der Waals surface area contributed by atoms with Crippen LogP contribution in [0.15, 0.2) is 24.3 Å². The Kier molecular flexibility index (Phi) is 4.10. The Morgan fingerprint density at radius 2 is 2.00 bits per heavy atom. The highest BCUT2D eigenvalue weighted by Gasteiger charge is 2.05. The number of aldehydes is 1. The third kappa shape index (κ3) is 3.17. The normalized spacial score (nSPS) is 10.3. The van der Waals surface area contributed by atoms with Crippen molar-refractivity contribution < 1.29 is 9.53 Å². The highest BCUT2D eigenvalue weighted by molar-refractivity contribution is 7.11. The van der Waals surface area contributed by atoms with Crippen LogP contribution >= 0.6 is 11.3 Å². The summed E-state index contributed by atoms with van der Waals surface area (Å²) in [6, 6.07) is 7.58. The molecule has 0 aliphatic carbocycles. The number of rotatable bonds is 5. The van der Waals surface area contributed by atoms with E-state index in [-0.39, 0.29) is 0 Å². The standard InChI is InChI=1S/C14H15NO2S/c1-10-14(15-11(2)18-10)9-17-13-5-3-12(4-6-13)7-8-16/h3-6,8H,7,9H2,1-2H3. The average Bonchev–Trinajstić information content (AvgIpc) is 2.67. The van der Waals surface area contributed by atoms with Crippen LogP contribution in [-0.4, -0.2) is 11.3 Å². The molecule has 0 bridgehead atoms. The van der Waals surface area contributed by atoms with Crippen LogP contribution in [0.2, 0.25) is 0 Å². The van der Waals surface area contributed by atoms with Crippen LogP contribution in [0.25, 0.3) is 0 Å². The fraction of sp³-hybridized carbons (Fsp3) is 0.286. The molecule has 0 spiro atoms. The number of thiazole rings is 1. The van der Waals surface area contributed by atoms with Gasteiger partial charge in [0.05, 0.1) is 10.7 Å². The van der Waals surface area contributed by atoms with E-state index < -0.39 is 0 Å². The SMILES string of the molecule is Cc1nc(COc2ccc(CC=O)cc2)c(C)s1. The molecular weight excluding hydrogens is 246 g/mol. The van der Waals surface area contributed by atoms with Gasteiger partial charge in [0.2, 0.25) is 0 Å². The lowest BCUT2D eigenvalue weighted by Crippen LogP contribution is -1.97. The van der Waals surface area contributed by atoms with Gasteiger partial charge in [0, 0.05) is 11.3 Å². The summed E-state index contributed by atoms with van der Waals surface area (Å²) < 4.78 is 5.68. The summed E-state index contributed by atoms with van der Waals surface area (Å²) in [6.07, 6.45) is 1.35. The predicted octanol–water partition coefficient (Wildman–Crippen LogP) is 3.08. The van der Waals surface area contributed by atoms with Gasteiger partial charge in [0.15, 0.2) is 0 Å². The highest BCUT2D eigenvalue weighted by Crippen LogP contribution is 2.19. The van der Waals surface area contributed by atoms with Crippen molar-refractivity contribution in [3.8, 4) is 5.75 Å². The van der Waals surface area contributed by atoms with Crippen LogP contribution in [0.5, 0.6) is 5.75 Å². The lowest BCUT2D eigenvalue weighted by Gasteiger charge is -2.05. The number of carbonyl (C=O) groups is 1. The van der Waals surface area contributed by atoms with E-state index in [1.165, 1.54) is 4.88 Å². The summed E-state index contributed by atoms with van der Waals surface area (Å²) in [4.78, 5) is 16.0. The van der Waals surface area contributed by atoms with Gasteiger partial charge in [-0.3, -0.25) is 0 Å². The first-order valence-corrected chi connectivity index (χ1v) is 6.59. The lowest BCUT2D eigenvalue weighted by molar-refractivity contribution is -0.107. The van der Waals surface area contributed by atoms with Crippen molar-refractivity contribution in [3.63, 3.8) is 0 Å². The maximum Gasteiger partial charge on any atom is 0.131 e. The summed E-state index contributed by atoms with van der Waals surface area (Å²) >= 11 is 1.68. The van der Waals surface area contributed by atoms with E-state index in [9.17, 15) is 4.79 Å². The zero-order valence-corrected chi connectivity index (χ0v) is 11.3. The number of hydrogen-bond donors (Lipinski definition) is 0. The fourth-order valence-electron chi connectivity index (χ4n) is 1.68. The quantitative estimate of drug-likeness (QED) is 0.776. The maximum atomic E-state index is 10.4. The lowest BCUT2D eigenvalue weighted by atomic mass is 10.2. The Bertz CT molecular complexity index is 531. The van der Waals surface area contributed by atoms with Crippen molar-refractivity contribution in [1.82, 2.24) is 4.98 Å². The molecule has 4 heteroatoms. The molecule has 0 fully saturated rings. The zero-order valence-electron chi connectivity index (χ0n) is 10.5. The number of aryl methyl sites for hydroxylation is 2. The third-order valence-electron chi connectivity index (χ3n) is 2.62. The molecule has 2 aromatic rings. The van der Waals surface area contributed by atoms with Crippen LogP contribution < -0.4 is 4.74 Å². The van der Waals surface area contributed by atoms with E-state index in [4.69, 9.17) is 4.74 Å². The van der Waals surface area contributed by atoms with Gasteiger partial charge >= 0.3 is 0 Å². The molecule has 1 heterocycles. The second kappa shape index (κ2) is 5.78. The summed E-state index contributed by atoms with van der Waals surface area (Å²) in [6.45, 7) is 4.54. The van der Waals surface area contributed by atoms with E-state index in [2.05, 4.69) is 11.9 Å². The first-order chi connectivity index (χ1) is 8.69. The summed E-state index contributed by atoms with van der Waals surface area (Å²) in [5.74, 6) is 0.801. The van der Waals surface area contributed by atoms with E-state index in [0.717, 1.165) is 28.3 Å². The van der Waals surface area contributed by atoms with Gasteiger partial charge in [-0.1, -0.05) is 12.1 Å². The van der Waals surface area contributed by atoms with Crippen molar-refractivity contribution in [2.24, 2.45) is 0 Å². The molecule has 0 saturated carbocycles. The second-order valence-corrected chi connectivity index (χ2v) is 5.45. The average molecular weight is 261 g/mol. The van der Waals surface area contributed by atoms with Crippen molar-refractivity contribution >= 4 is 17.6 Å². The van der Waals surface area contributed by atoms with Crippen molar-refractivity contribution in [1.29, 1.82) is 0 Å². The van der Waals surface area contributed by atoms with Gasteiger partial charge in [-0.15, -0.1) is 11.3 Å². The van der Waals surface area contributed by atoms with Gasteiger partial charge in [-0.05, 0) is 31.5 Å². The maximum absolute atomic E-state index is 10.4. The first-order valence-electron chi connectivity index (χ1n) is 5.77. The van der Waals surface area contributed by atoms with E-state index in [1.807, 2.05) is 31.2 Å². The predicted molar refractivity (Wildman–Crippen MR) is 72.1 cm³/mol. The van der Waals surface area contributed by atoms with Gasteiger partial charge < -0.3 is 9.53 Å². The molecule has 94 valence electrons. The Balaban J connectivity index is 1.97. The van der Waals surface area contributed by atoms with Crippen LogP contribution in [0.1, 0.15) is 21.1 Å². The summed E-state index contributed by atoms with van der Waals surface area (Å²) in [7, 11) is 0. The minimum atomic E-state index is 0.449. The Hall–Kier alpha value is -1.68. The molecule has 2 rings (SSSR count). The monoisotopic (exact) mass is 261 g/mol. The van der Waals surface area contributed by atoms with E-state index in [1.54, 1.807) is 11.3 Å². The molecule has 18 heavy (non-hydrogen) atoms. The number of benzene rings is 1. The molecule has 0 atom stereocenters.